The van der Waals surface area contributed by atoms with Crippen molar-refractivity contribution in [3.8, 4) is 0 Å². The third-order valence-corrected chi connectivity index (χ3v) is 0.661. The van der Waals surface area contributed by atoms with Crippen LogP contribution in [0.25, 0.3) is 0 Å². The molecule has 1 heteroatoms. The lowest BCUT2D eigenvalue weighted by molar-refractivity contribution is 0.650. The van der Waals surface area contributed by atoms with Crippen LogP contribution in [-0.4, -0.2) is 0 Å². The summed E-state index contributed by atoms with van der Waals surface area (Å²) in [5, 5.41) is 0. The molecule has 0 aromatic rings. The Morgan fingerprint density at radius 1 is 1.27 bits per heavy atom. The lowest BCUT2D eigenvalue weighted by atomic mass is 10.3. The van der Waals surface area contributed by atoms with E-state index in [4.69, 9.17) is 0 Å². The number of rotatable bonds is 1. The van der Waals surface area contributed by atoms with Gasteiger partial charge in [0.25, 0.3) is 0 Å². The number of hydrogen-bond donors (Lipinski definition) is 0. The van der Waals surface area contributed by atoms with Gasteiger partial charge in [-0.3, -0.25) is 0 Å². The maximum atomic E-state index is 12.0. The Morgan fingerprint density at radius 2 is 1.55 bits per heavy atom. The minimum absolute atomic E-state index is 0.222. The molecule has 0 heterocycles. The molecule has 0 bridgehead atoms. The molecule has 0 saturated carbocycles. The molecule has 0 N–H and O–H groups in total. The average molecular weight is 158 g/mol. The van der Waals surface area contributed by atoms with Crippen molar-refractivity contribution in [2.24, 2.45) is 0 Å². The van der Waals surface area contributed by atoms with Crippen LogP contribution in [0.5, 0.6) is 0 Å². The first kappa shape index (κ1) is 16.6. The van der Waals surface area contributed by atoms with Crippen LogP contribution in [0.1, 0.15) is 27.7 Å². The number of hydrogen-bond acceptors (Lipinski definition) is 0. The van der Waals surface area contributed by atoms with Crippen molar-refractivity contribution in [1.82, 2.24) is 0 Å². The SMILES string of the molecule is C=C.C=C(C)/C(F)=C\C.CC. The van der Waals surface area contributed by atoms with Crippen LogP contribution >= 0.6 is 0 Å². The molecule has 0 spiro atoms. The fraction of sp³-hybridized carbons (Fsp3) is 0.400. The van der Waals surface area contributed by atoms with E-state index in [0.29, 0.717) is 5.57 Å². The molecule has 0 fully saturated rings. The van der Waals surface area contributed by atoms with E-state index in [1.807, 2.05) is 13.8 Å². The van der Waals surface area contributed by atoms with Crippen LogP contribution in [0.3, 0.4) is 0 Å². The Hall–Kier alpha value is -0.850. The summed E-state index contributed by atoms with van der Waals surface area (Å²) in [7, 11) is 0. The van der Waals surface area contributed by atoms with Crippen molar-refractivity contribution in [1.29, 1.82) is 0 Å². The van der Waals surface area contributed by atoms with E-state index < -0.39 is 0 Å². The van der Waals surface area contributed by atoms with E-state index >= 15 is 0 Å². The Kier molecular flexibility index (Phi) is 24.3. The topological polar surface area (TPSA) is 0 Å². The molecule has 0 atom stereocenters. The van der Waals surface area contributed by atoms with Crippen LogP contribution in [0.4, 0.5) is 4.39 Å². The van der Waals surface area contributed by atoms with Crippen molar-refractivity contribution < 1.29 is 4.39 Å². The van der Waals surface area contributed by atoms with E-state index in [-0.39, 0.29) is 5.83 Å². The maximum Gasteiger partial charge on any atom is 0.121 e. The standard InChI is InChI=1S/C6H9F.C2H6.C2H4/c1-4-6(7)5(2)3;2*1-2/h4H,2H2,1,3H3;1-2H3;1-2H2/b6-4+;;. The quantitative estimate of drug-likeness (QED) is 0.395. The van der Waals surface area contributed by atoms with Crippen LogP contribution in [0, 0.1) is 0 Å². The first-order chi connectivity index (χ1) is 5.18. The van der Waals surface area contributed by atoms with Crippen molar-refractivity contribution in [2.75, 3.05) is 0 Å². The van der Waals surface area contributed by atoms with E-state index in [1.54, 1.807) is 13.8 Å². The molecule has 11 heavy (non-hydrogen) atoms. The molecule has 0 aliphatic rings. The molecular formula is C10H19F. The second-order valence-corrected chi connectivity index (χ2v) is 1.42. The van der Waals surface area contributed by atoms with Crippen molar-refractivity contribution >= 4 is 0 Å². The van der Waals surface area contributed by atoms with Crippen molar-refractivity contribution in [3.63, 3.8) is 0 Å². The highest BCUT2D eigenvalue weighted by Crippen LogP contribution is 2.05. The first-order valence-corrected chi connectivity index (χ1v) is 3.66. The van der Waals surface area contributed by atoms with Crippen molar-refractivity contribution in [3.05, 3.63) is 37.2 Å². The lowest BCUT2D eigenvalue weighted by Gasteiger charge is -1.86. The first-order valence-electron chi connectivity index (χ1n) is 3.66. The lowest BCUT2D eigenvalue weighted by Crippen LogP contribution is -1.68. The Morgan fingerprint density at radius 3 is 1.55 bits per heavy atom. The van der Waals surface area contributed by atoms with Gasteiger partial charge >= 0.3 is 0 Å². The second-order valence-electron chi connectivity index (χ2n) is 1.42. The van der Waals surface area contributed by atoms with Gasteiger partial charge in [0.05, 0.1) is 0 Å². The monoisotopic (exact) mass is 158 g/mol. The second kappa shape index (κ2) is 16.1. The van der Waals surface area contributed by atoms with E-state index in [2.05, 4.69) is 19.7 Å². The Balaban J connectivity index is -0.000000138. The predicted molar refractivity (Wildman–Crippen MR) is 52.3 cm³/mol. The molecular weight excluding hydrogens is 139 g/mol. The zero-order chi connectivity index (χ0) is 9.86. The van der Waals surface area contributed by atoms with Gasteiger partial charge in [0.1, 0.15) is 5.83 Å². The smallest absolute Gasteiger partial charge is 0.121 e. The van der Waals surface area contributed by atoms with Crippen LogP contribution in [0.15, 0.2) is 37.2 Å². The van der Waals surface area contributed by atoms with Gasteiger partial charge in [-0.2, -0.15) is 0 Å². The molecule has 0 amide bonds. The van der Waals surface area contributed by atoms with Gasteiger partial charge in [0, 0.05) is 0 Å². The summed E-state index contributed by atoms with van der Waals surface area (Å²) in [4.78, 5) is 0. The minimum atomic E-state index is -0.222. The van der Waals surface area contributed by atoms with Gasteiger partial charge in [-0.1, -0.05) is 26.5 Å². The summed E-state index contributed by atoms with van der Waals surface area (Å²) in [6, 6.07) is 0. The highest BCUT2D eigenvalue weighted by Gasteiger charge is 1.87. The number of allylic oxidation sites excluding steroid dienone is 3. The zero-order valence-electron chi connectivity index (χ0n) is 8.08. The van der Waals surface area contributed by atoms with Gasteiger partial charge in [-0.05, 0) is 19.4 Å². The van der Waals surface area contributed by atoms with E-state index in [9.17, 15) is 4.39 Å². The molecule has 0 nitrogen and oxygen atoms in total. The molecule has 66 valence electrons. The summed E-state index contributed by atoms with van der Waals surface area (Å²) in [5.41, 5.74) is 0.488. The van der Waals surface area contributed by atoms with Gasteiger partial charge in [0.15, 0.2) is 0 Å². The highest BCUT2D eigenvalue weighted by atomic mass is 19.1. The molecule has 0 unspecified atom stereocenters. The molecule has 0 aromatic heterocycles. The van der Waals surface area contributed by atoms with Crippen LogP contribution in [0.2, 0.25) is 0 Å². The molecule has 0 aliphatic heterocycles. The van der Waals surface area contributed by atoms with Crippen molar-refractivity contribution in [2.45, 2.75) is 27.7 Å². The highest BCUT2D eigenvalue weighted by molar-refractivity contribution is 5.17. The molecule has 0 radical (unpaired) electrons. The van der Waals surface area contributed by atoms with Gasteiger partial charge < -0.3 is 0 Å². The number of halogens is 1. The third-order valence-electron chi connectivity index (χ3n) is 0.661. The van der Waals surface area contributed by atoms with Crippen LogP contribution < -0.4 is 0 Å². The predicted octanol–water partition coefficient (Wildman–Crippen LogP) is 4.26. The molecule has 0 aliphatic carbocycles. The third kappa shape index (κ3) is 17.6. The fourth-order valence-electron chi connectivity index (χ4n) is 0.246. The summed E-state index contributed by atoms with van der Waals surface area (Å²) in [6.45, 7) is 16.7. The maximum absolute atomic E-state index is 12.0. The van der Waals surface area contributed by atoms with Crippen LogP contribution in [-0.2, 0) is 0 Å². The largest absolute Gasteiger partial charge is 0.207 e. The normalized spacial score (nSPS) is 8.27. The van der Waals surface area contributed by atoms with E-state index in [1.165, 1.54) is 6.08 Å². The summed E-state index contributed by atoms with van der Waals surface area (Å²) >= 11 is 0. The summed E-state index contributed by atoms with van der Waals surface area (Å²) in [5.74, 6) is -0.222. The molecule has 0 aromatic carbocycles. The Labute approximate surface area is 70.1 Å². The zero-order valence-corrected chi connectivity index (χ0v) is 8.08. The Bertz CT molecular complexity index is 112. The molecule has 0 saturated heterocycles. The van der Waals surface area contributed by atoms with E-state index in [0.717, 1.165) is 0 Å². The fourth-order valence-corrected chi connectivity index (χ4v) is 0.246. The summed E-state index contributed by atoms with van der Waals surface area (Å²) in [6.07, 6.45) is 1.39. The summed E-state index contributed by atoms with van der Waals surface area (Å²) < 4.78 is 12.0. The minimum Gasteiger partial charge on any atom is -0.207 e. The molecule has 0 rings (SSSR count). The van der Waals surface area contributed by atoms with Gasteiger partial charge in [-0.25, -0.2) is 4.39 Å². The average Bonchev–Trinajstić information content (AvgIpc) is 2.10. The van der Waals surface area contributed by atoms with Gasteiger partial charge in [-0.15, -0.1) is 13.2 Å². The van der Waals surface area contributed by atoms with Gasteiger partial charge in [0.2, 0.25) is 0 Å².